The third-order valence-electron chi connectivity index (χ3n) is 5.36. The standard InChI is InChI=1S/C23H24Cl2N4O2S2/c1-14(30)26-17-3-5-20-21(11-17)33-23(28-20)32-13-22(31)27-16-6-8-29(9-7-16)12-15-2-4-18(24)19(25)10-15/h2-5,10-11,16H,6-9,12-13H2,1H3,(H,26,30)(H,27,31). The van der Waals surface area contributed by atoms with Crippen molar-refractivity contribution < 1.29 is 9.59 Å². The number of piperidine rings is 1. The second kappa shape index (κ2) is 11.1. The number of thiazole rings is 1. The van der Waals surface area contributed by atoms with Crippen molar-refractivity contribution in [2.24, 2.45) is 0 Å². The van der Waals surface area contributed by atoms with Gasteiger partial charge in [0.2, 0.25) is 11.8 Å². The SMILES string of the molecule is CC(=O)Nc1ccc2nc(SCC(=O)NC3CCN(Cc4ccc(Cl)c(Cl)c4)CC3)sc2c1. The van der Waals surface area contributed by atoms with Crippen molar-refractivity contribution in [3.63, 3.8) is 0 Å². The van der Waals surface area contributed by atoms with Crippen LogP contribution in [0.15, 0.2) is 40.7 Å². The minimum atomic E-state index is -0.106. The molecule has 1 saturated heterocycles. The van der Waals surface area contributed by atoms with E-state index in [0.29, 0.717) is 15.8 Å². The van der Waals surface area contributed by atoms with Gasteiger partial charge >= 0.3 is 0 Å². The Hall–Kier alpha value is -1.84. The van der Waals surface area contributed by atoms with Crippen LogP contribution >= 0.6 is 46.3 Å². The summed E-state index contributed by atoms with van der Waals surface area (Å²) in [6, 6.07) is 11.6. The van der Waals surface area contributed by atoms with Crippen LogP contribution in [0.25, 0.3) is 10.2 Å². The molecule has 3 aromatic rings. The quantitative estimate of drug-likeness (QED) is 0.404. The Morgan fingerprint density at radius 1 is 1.15 bits per heavy atom. The Bertz CT molecular complexity index is 1160. The number of aromatic nitrogens is 1. The van der Waals surface area contributed by atoms with Crippen LogP contribution < -0.4 is 10.6 Å². The van der Waals surface area contributed by atoms with E-state index >= 15 is 0 Å². The van der Waals surface area contributed by atoms with Crippen molar-refractivity contribution >= 4 is 74.0 Å². The molecule has 2 heterocycles. The van der Waals surface area contributed by atoms with E-state index in [0.717, 1.165) is 58.3 Å². The lowest BCUT2D eigenvalue weighted by atomic mass is 10.0. The lowest BCUT2D eigenvalue weighted by Gasteiger charge is -2.32. The fourth-order valence-electron chi connectivity index (χ4n) is 3.77. The number of fused-ring (bicyclic) bond motifs is 1. The Morgan fingerprint density at radius 3 is 2.67 bits per heavy atom. The van der Waals surface area contributed by atoms with Gasteiger partial charge in [-0.25, -0.2) is 4.98 Å². The molecule has 0 radical (unpaired) electrons. The molecule has 1 fully saturated rings. The van der Waals surface area contributed by atoms with Gasteiger partial charge in [0.05, 0.1) is 26.0 Å². The third kappa shape index (κ3) is 6.83. The maximum Gasteiger partial charge on any atom is 0.230 e. The second-order valence-corrected chi connectivity index (χ2v) is 11.1. The molecule has 4 rings (SSSR count). The van der Waals surface area contributed by atoms with Crippen LogP contribution in [-0.4, -0.2) is 46.6 Å². The van der Waals surface area contributed by atoms with Crippen LogP contribution in [0.5, 0.6) is 0 Å². The maximum atomic E-state index is 12.5. The highest BCUT2D eigenvalue weighted by Crippen LogP contribution is 2.31. The number of hydrogen-bond donors (Lipinski definition) is 2. The highest BCUT2D eigenvalue weighted by Gasteiger charge is 2.21. The van der Waals surface area contributed by atoms with Gasteiger partial charge in [0.25, 0.3) is 0 Å². The van der Waals surface area contributed by atoms with Crippen LogP contribution in [0.4, 0.5) is 5.69 Å². The number of amides is 2. The fraction of sp³-hybridized carbons (Fsp3) is 0.348. The Kier molecular flexibility index (Phi) is 8.14. The minimum absolute atomic E-state index is 0.0288. The molecule has 174 valence electrons. The molecule has 2 amide bonds. The number of thioether (sulfide) groups is 1. The number of carbonyl (C=O) groups is 2. The van der Waals surface area contributed by atoms with Crippen molar-refractivity contribution in [2.75, 3.05) is 24.2 Å². The largest absolute Gasteiger partial charge is 0.353 e. The monoisotopic (exact) mass is 522 g/mol. The van der Waals surface area contributed by atoms with Gasteiger partial charge in [-0.3, -0.25) is 14.5 Å². The molecular formula is C23H24Cl2N4O2S2. The molecule has 1 aliphatic heterocycles. The molecule has 0 unspecified atom stereocenters. The van der Waals surface area contributed by atoms with Gasteiger partial charge in [-0.2, -0.15) is 0 Å². The summed E-state index contributed by atoms with van der Waals surface area (Å²) in [6.07, 6.45) is 1.84. The first-order chi connectivity index (χ1) is 15.9. The summed E-state index contributed by atoms with van der Waals surface area (Å²) in [5, 5.41) is 7.08. The highest BCUT2D eigenvalue weighted by molar-refractivity contribution is 8.01. The number of benzene rings is 2. The normalized spacial score (nSPS) is 15.0. The average Bonchev–Trinajstić information content (AvgIpc) is 3.18. The highest BCUT2D eigenvalue weighted by atomic mass is 35.5. The lowest BCUT2D eigenvalue weighted by molar-refractivity contribution is -0.119. The summed E-state index contributed by atoms with van der Waals surface area (Å²) in [7, 11) is 0. The third-order valence-corrected chi connectivity index (χ3v) is 8.26. The molecule has 6 nitrogen and oxygen atoms in total. The lowest BCUT2D eigenvalue weighted by Crippen LogP contribution is -2.44. The molecule has 2 aromatic carbocycles. The smallest absolute Gasteiger partial charge is 0.230 e. The zero-order chi connectivity index (χ0) is 23.4. The molecule has 0 atom stereocenters. The zero-order valence-electron chi connectivity index (χ0n) is 18.1. The Labute approximate surface area is 211 Å². The molecule has 0 bridgehead atoms. The predicted molar refractivity (Wildman–Crippen MR) is 138 cm³/mol. The zero-order valence-corrected chi connectivity index (χ0v) is 21.2. The number of hydrogen-bond acceptors (Lipinski definition) is 6. The van der Waals surface area contributed by atoms with Gasteiger partial charge in [0.1, 0.15) is 0 Å². The first-order valence-electron chi connectivity index (χ1n) is 10.6. The van der Waals surface area contributed by atoms with E-state index in [-0.39, 0.29) is 17.9 Å². The number of nitrogens with one attached hydrogen (secondary N) is 2. The summed E-state index contributed by atoms with van der Waals surface area (Å²) < 4.78 is 1.83. The molecule has 2 N–H and O–H groups in total. The van der Waals surface area contributed by atoms with E-state index in [1.807, 2.05) is 36.4 Å². The molecule has 1 aromatic heterocycles. The van der Waals surface area contributed by atoms with Crippen LogP contribution in [0, 0.1) is 0 Å². The predicted octanol–water partition coefficient (Wildman–Crippen LogP) is 5.43. The number of nitrogens with zero attached hydrogens (tertiary/aromatic N) is 2. The Morgan fingerprint density at radius 2 is 1.94 bits per heavy atom. The van der Waals surface area contributed by atoms with Crippen LogP contribution in [0.2, 0.25) is 10.0 Å². The van der Waals surface area contributed by atoms with E-state index in [1.165, 1.54) is 30.0 Å². The molecule has 0 aliphatic carbocycles. The van der Waals surface area contributed by atoms with E-state index < -0.39 is 0 Å². The molecule has 0 spiro atoms. The summed E-state index contributed by atoms with van der Waals surface area (Å²) in [5.74, 6) is 0.258. The topological polar surface area (TPSA) is 74.3 Å². The number of halogens is 2. The minimum Gasteiger partial charge on any atom is -0.353 e. The van der Waals surface area contributed by atoms with Gasteiger partial charge in [-0.1, -0.05) is 41.0 Å². The molecule has 0 saturated carbocycles. The van der Waals surface area contributed by atoms with Gasteiger partial charge in [-0.05, 0) is 48.7 Å². The number of likely N-dealkylation sites (tertiary alicyclic amines) is 1. The van der Waals surface area contributed by atoms with Crippen molar-refractivity contribution in [2.45, 2.75) is 36.7 Å². The number of anilines is 1. The van der Waals surface area contributed by atoms with E-state index in [2.05, 4.69) is 20.5 Å². The van der Waals surface area contributed by atoms with E-state index in [4.69, 9.17) is 23.2 Å². The number of rotatable bonds is 7. The average molecular weight is 524 g/mol. The van der Waals surface area contributed by atoms with Gasteiger partial charge in [-0.15, -0.1) is 11.3 Å². The van der Waals surface area contributed by atoms with Crippen molar-refractivity contribution in [1.29, 1.82) is 0 Å². The summed E-state index contributed by atoms with van der Waals surface area (Å²) in [6.45, 7) is 4.16. The maximum absolute atomic E-state index is 12.5. The van der Waals surface area contributed by atoms with Gasteiger partial charge in [0.15, 0.2) is 4.34 Å². The summed E-state index contributed by atoms with van der Waals surface area (Å²) in [4.78, 5) is 30.7. The summed E-state index contributed by atoms with van der Waals surface area (Å²) >= 11 is 15.1. The second-order valence-electron chi connectivity index (χ2n) is 8.00. The summed E-state index contributed by atoms with van der Waals surface area (Å²) in [5.41, 5.74) is 2.76. The first-order valence-corrected chi connectivity index (χ1v) is 13.2. The van der Waals surface area contributed by atoms with Crippen LogP contribution in [0.1, 0.15) is 25.3 Å². The van der Waals surface area contributed by atoms with Gasteiger partial charge < -0.3 is 10.6 Å². The van der Waals surface area contributed by atoms with E-state index in [1.54, 1.807) is 0 Å². The van der Waals surface area contributed by atoms with Crippen molar-refractivity contribution in [3.8, 4) is 0 Å². The van der Waals surface area contributed by atoms with Crippen LogP contribution in [0.3, 0.4) is 0 Å². The van der Waals surface area contributed by atoms with Crippen molar-refractivity contribution in [1.82, 2.24) is 15.2 Å². The van der Waals surface area contributed by atoms with Crippen LogP contribution in [-0.2, 0) is 16.1 Å². The molecule has 33 heavy (non-hydrogen) atoms. The number of carbonyl (C=O) groups excluding carboxylic acids is 2. The molecular weight excluding hydrogens is 499 g/mol. The van der Waals surface area contributed by atoms with E-state index in [9.17, 15) is 9.59 Å². The molecule has 10 heteroatoms. The Balaban J connectivity index is 1.22. The first kappa shape index (κ1) is 24.3. The fourth-order valence-corrected chi connectivity index (χ4v) is 6.01. The van der Waals surface area contributed by atoms with Crippen molar-refractivity contribution in [3.05, 3.63) is 52.0 Å². The molecule has 1 aliphatic rings. The van der Waals surface area contributed by atoms with Gasteiger partial charge in [0, 0.05) is 38.3 Å².